The van der Waals surface area contributed by atoms with Gasteiger partial charge in [-0.15, -0.1) is 0 Å². The summed E-state index contributed by atoms with van der Waals surface area (Å²) in [6, 6.07) is 9.95. The smallest absolute Gasteiger partial charge is 0.262 e. The number of phenolic OH excluding ortho intramolecular Hbond substituents is 2. The van der Waals surface area contributed by atoms with Crippen LogP contribution in [0.2, 0.25) is 0 Å². The molecule has 21 heavy (non-hydrogen) atoms. The molecule has 2 N–H and O–H groups in total. The van der Waals surface area contributed by atoms with Gasteiger partial charge >= 0.3 is 0 Å². The Hall–Kier alpha value is -2.34. The first-order chi connectivity index (χ1) is 10.0. The van der Waals surface area contributed by atoms with Crippen molar-refractivity contribution in [1.82, 2.24) is 10.1 Å². The summed E-state index contributed by atoms with van der Waals surface area (Å²) in [6.07, 6.45) is 0. The lowest BCUT2D eigenvalue weighted by atomic mass is 10.1. The van der Waals surface area contributed by atoms with Crippen molar-refractivity contribution in [1.29, 1.82) is 0 Å². The van der Waals surface area contributed by atoms with Crippen molar-refractivity contribution in [3.05, 3.63) is 46.4 Å². The Morgan fingerprint density at radius 3 is 2.52 bits per heavy atom. The highest BCUT2D eigenvalue weighted by atomic mass is 79.9. The fourth-order valence-corrected chi connectivity index (χ4v) is 2.50. The van der Waals surface area contributed by atoms with Crippen molar-refractivity contribution in [2.75, 3.05) is 0 Å². The first kappa shape index (κ1) is 13.6. The molecule has 6 heteroatoms. The predicted octanol–water partition coefficient (Wildman–Crippen LogP) is 3.89. The van der Waals surface area contributed by atoms with Crippen LogP contribution in [-0.4, -0.2) is 20.4 Å². The number of aromatic hydroxyl groups is 2. The molecule has 0 spiro atoms. The summed E-state index contributed by atoms with van der Waals surface area (Å²) < 4.78 is 6.17. The minimum Gasteiger partial charge on any atom is -0.508 e. The highest BCUT2D eigenvalue weighted by molar-refractivity contribution is 9.10. The van der Waals surface area contributed by atoms with Crippen molar-refractivity contribution in [3.8, 4) is 34.3 Å². The lowest BCUT2D eigenvalue weighted by molar-refractivity contribution is 0.423. The van der Waals surface area contributed by atoms with E-state index < -0.39 is 0 Å². The van der Waals surface area contributed by atoms with Crippen LogP contribution in [0.15, 0.2) is 45.4 Å². The Kier molecular flexibility index (Phi) is 3.39. The number of hydrogen-bond donors (Lipinski definition) is 2. The molecule has 2 aromatic carbocycles. The zero-order valence-electron chi connectivity index (χ0n) is 11.0. The Bertz CT molecular complexity index is 748. The molecule has 106 valence electrons. The van der Waals surface area contributed by atoms with E-state index in [0.29, 0.717) is 11.4 Å². The maximum Gasteiger partial charge on any atom is 0.262 e. The second-order valence-electron chi connectivity index (χ2n) is 4.58. The van der Waals surface area contributed by atoms with Crippen LogP contribution in [0, 0.1) is 6.92 Å². The van der Waals surface area contributed by atoms with Crippen molar-refractivity contribution >= 4 is 15.9 Å². The third-order valence-electron chi connectivity index (χ3n) is 3.07. The van der Waals surface area contributed by atoms with Crippen LogP contribution in [0.5, 0.6) is 11.5 Å². The van der Waals surface area contributed by atoms with E-state index in [1.165, 1.54) is 18.2 Å². The van der Waals surface area contributed by atoms with Crippen LogP contribution in [0.3, 0.4) is 0 Å². The summed E-state index contributed by atoms with van der Waals surface area (Å²) in [5.41, 5.74) is 2.24. The zero-order chi connectivity index (χ0) is 15.0. The van der Waals surface area contributed by atoms with E-state index in [2.05, 4.69) is 26.1 Å². The van der Waals surface area contributed by atoms with Gasteiger partial charge in [-0.25, -0.2) is 0 Å². The molecule has 0 amide bonds. The van der Waals surface area contributed by atoms with Crippen LogP contribution in [0.25, 0.3) is 22.8 Å². The van der Waals surface area contributed by atoms with Gasteiger partial charge in [-0.2, -0.15) is 4.98 Å². The van der Waals surface area contributed by atoms with Gasteiger partial charge in [-0.1, -0.05) is 21.1 Å². The van der Waals surface area contributed by atoms with Crippen LogP contribution in [-0.2, 0) is 0 Å². The average molecular weight is 347 g/mol. The second kappa shape index (κ2) is 5.21. The Labute approximate surface area is 129 Å². The normalized spacial score (nSPS) is 10.8. The Morgan fingerprint density at radius 1 is 1.05 bits per heavy atom. The highest BCUT2D eigenvalue weighted by Crippen LogP contribution is 2.32. The van der Waals surface area contributed by atoms with Crippen LogP contribution < -0.4 is 0 Å². The van der Waals surface area contributed by atoms with Gasteiger partial charge < -0.3 is 14.7 Å². The number of hydrogen-bond acceptors (Lipinski definition) is 5. The molecular formula is C15H11BrN2O3. The summed E-state index contributed by atoms with van der Waals surface area (Å²) in [6.45, 7) is 1.95. The number of benzene rings is 2. The molecule has 1 heterocycles. The summed E-state index contributed by atoms with van der Waals surface area (Å²) >= 11 is 3.41. The summed E-state index contributed by atoms with van der Waals surface area (Å²) in [5, 5.41) is 23.1. The fraction of sp³-hybridized carbons (Fsp3) is 0.0667. The van der Waals surface area contributed by atoms with Gasteiger partial charge in [0.2, 0.25) is 5.82 Å². The van der Waals surface area contributed by atoms with Gasteiger partial charge in [0.15, 0.2) is 0 Å². The summed E-state index contributed by atoms with van der Waals surface area (Å²) in [7, 11) is 0. The van der Waals surface area contributed by atoms with Gasteiger partial charge in [-0.3, -0.25) is 0 Å². The zero-order valence-corrected chi connectivity index (χ0v) is 12.6. The van der Waals surface area contributed by atoms with Crippen LogP contribution in [0.1, 0.15) is 5.56 Å². The molecule has 0 fully saturated rings. The van der Waals surface area contributed by atoms with Crippen LogP contribution >= 0.6 is 15.9 Å². The fourth-order valence-electron chi connectivity index (χ4n) is 2.02. The number of nitrogens with zero attached hydrogens (tertiary/aromatic N) is 2. The minimum absolute atomic E-state index is 0.0280. The van der Waals surface area contributed by atoms with Gasteiger partial charge in [0.05, 0.1) is 5.56 Å². The Balaban J connectivity index is 2.03. The molecule has 0 aliphatic rings. The van der Waals surface area contributed by atoms with E-state index in [4.69, 9.17) is 4.52 Å². The average Bonchev–Trinajstić information content (AvgIpc) is 2.87. The second-order valence-corrected chi connectivity index (χ2v) is 5.50. The lowest BCUT2D eigenvalue weighted by Gasteiger charge is -2.01. The van der Waals surface area contributed by atoms with E-state index >= 15 is 0 Å². The molecular weight excluding hydrogens is 336 g/mol. The third-order valence-corrected chi connectivity index (χ3v) is 3.56. The molecule has 3 aromatic rings. The molecule has 1 aromatic heterocycles. The largest absolute Gasteiger partial charge is 0.508 e. The molecule has 0 bridgehead atoms. The van der Waals surface area contributed by atoms with E-state index in [-0.39, 0.29) is 17.4 Å². The molecule has 5 nitrogen and oxygen atoms in total. The van der Waals surface area contributed by atoms with Gasteiger partial charge in [-0.05, 0) is 42.8 Å². The molecule has 0 atom stereocenters. The third kappa shape index (κ3) is 2.62. The molecule has 0 radical (unpaired) electrons. The summed E-state index contributed by atoms with van der Waals surface area (Å²) in [5.74, 6) is 0.504. The van der Waals surface area contributed by atoms with Crippen molar-refractivity contribution < 1.29 is 14.7 Å². The van der Waals surface area contributed by atoms with E-state index in [9.17, 15) is 10.2 Å². The quantitative estimate of drug-likeness (QED) is 0.735. The number of aryl methyl sites for hydroxylation is 1. The topological polar surface area (TPSA) is 79.4 Å². The minimum atomic E-state index is -0.113. The first-order valence-corrected chi connectivity index (χ1v) is 6.96. The molecule has 0 aliphatic carbocycles. The van der Waals surface area contributed by atoms with Gasteiger partial charge in [0.1, 0.15) is 11.5 Å². The van der Waals surface area contributed by atoms with E-state index in [1.807, 2.05) is 25.1 Å². The Morgan fingerprint density at radius 2 is 1.81 bits per heavy atom. The van der Waals surface area contributed by atoms with Gasteiger partial charge in [0.25, 0.3) is 5.89 Å². The highest BCUT2D eigenvalue weighted by Gasteiger charge is 2.15. The van der Waals surface area contributed by atoms with Crippen molar-refractivity contribution in [2.24, 2.45) is 0 Å². The maximum atomic E-state index is 9.82. The number of aromatic nitrogens is 2. The molecule has 0 aliphatic heterocycles. The SMILES string of the molecule is Cc1cc(Br)ccc1-c1noc(-c2ccc(O)cc2O)n1. The lowest BCUT2D eigenvalue weighted by Crippen LogP contribution is -1.86. The molecule has 3 rings (SSSR count). The maximum absolute atomic E-state index is 9.82. The number of rotatable bonds is 2. The van der Waals surface area contributed by atoms with Crippen molar-refractivity contribution in [3.63, 3.8) is 0 Å². The monoisotopic (exact) mass is 346 g/mol. The van der Waals surface area contributed by atoms with Gasteiger partial charge in [0, 0.05) is 16.1 Å². The number of halogens is 1. The number of phenols is 2. The van der Waals surface area contributed by atoms with Crippen LogP contribution in [0.4, 0.5) is 0 Å². The van der Waals surface area contributed by atoms with Crippen molar-refractivity contribution in [2.45, 2.75) is 6.92 Å². The molecule has 0 unspecified atom stereocenters. The van der Waals surface area contributed by atoms with E-state index in [1.54, 1.807) is 0 Å². The van der Waals surface area contributed by atoms with E-state index in [0.717, 1.165) is 15.6 Å². The first-order valence-electron chi connectivity index (χ1n) is 6.17. The summed E-state index contributed by atoms with van der Waals surface area (Å²) in [4.78, 5) is 4.30. The molecule has 0 saturated carbocycles. The predicted molar refractivity (Wildman–Crippen MR) is 80.9 cm³/mol. The standard InChI is InChI=1S/C15H11BrN2O3/c1-8-6-9(16)2-4-11(8)14-17-15(21-18-14)12-5-3-10(19)7-13(12)20/h2-7,19-20H,1H3. The molecule has 0 saturated heterocycles.